The number of hydrogen-bond donors (Lipinski definition) is 1. The molecule has 0 bridgehead atoms. The third kappa shape index (κ3) is 3.33. The predicted octanol–water partition coefficient (Wildman–Crippen LogP) is -0.376. The fourth-order valence-electron chi connectivity index (χ4n) is 1.31. The Labute approximate surface area is 83.3 Å². The van der Waals surface area contributed by atoms with Crippen molar-refractivity contribution in [2.24, 2.45) is 0 Å². The molecule has 0 aromatic rings. The number of amides is 1. The van der Waals surface area contributed by atoms with E-state index in [0.717, 1.165) is 12.8 Å². The molecule has 0 heterocycles. The first-order valence-corrected chi connectivity index (χ1v) is 4.66. The second kappa shape index (κ2) is 4.41. The van der Waals surface area contributed by atoms with Crippen molar-refractivity contribution >= 4 is 11.9 Å². The lowest BCUT2D eigenvalue weighted by Crippen LogP contribution is -2.42. The quantitative estimate of drug-likeness (QED) is 0.657. The van der Waals surface area contributed by atoms with Crippen molar-refractivity contribution in [2.75, 3.05) is 27.2 Å². The molecule has 0 aromatic carbocycles. The molecule has 1 saturated carbocycles. The molecule has 0 saturated heterocycles. The van der Waals surface area contributed by atoms with E-state index < -0.39 is 5.97 Å². The van der Waals surface area contributed by atoms with Gasteiger partial charge in [0.25, 0.3) is 0 Å². The molecule has 0 unspecified atom stereocenters. The van der Waals surface area contributed by atoms with Crippen LogP contribution in [0.2, 0.25) is 0 Å². The highest BCUT2D eigenvalue weighted by Crippen LogP contribution is 2.26. The van der Waals surface area contributed by atoms with Gasteiger partial charge in [0.05, 0.1) is 6.54 Å². The van der Waals surface area contributed by atoms with Crippen LogP contribution in [0.25, 0.3) is 0 Å². The zero-order chi connectivity index (χ0) is 10.7. The number of carbonyl (C=O) groups is 2. The minimum Gasteiger partial charge on any atom is -0.480 e. The van der Waals surface area contributed by atoms with Crippen LogP contribution in [-0.2, 0) is 9.59 Å². The van der Waals surface area contributed by atoms with Crippen LogP contribution in [0.15, 0.2) is 0 Å². The van der Waals surface area contributed by atoms with E-state index in [1.54, 1.807) is 19.0 Å². The first-order chi connectivity index (χ1) is 6.50. The molecule has 1 aliphatic carbocycles. The zero-order valence-electron chi connectivity index (χ0n) is 8.56. The van der Waals surface area contributed by atoms with Gasteiger partial charge < -0.3 is 14.9 Å². The lowest BCUT2D eigenvalue weighted by Gasteiger charge is -2.22. The van der Waals surface area contributed by atoms with Crippen LogP contribution in [-0.4, -0.2) is 60.0 Å². The van der Waals surface area contributed by atoms with Gasteiger partial charge in [-0.2, -0.15) is 0 Å². The summed E-state index contributed by atoms with van der Waals surface area (Å²) in [5.74, 6) is -1.04. The maximum absolute atomic E-state index is 11.6. The van der Waals surface area contributed by atoms with Gasteiger partial charge in [-0.3, -0.25) is 9.59 Å². The van der Waals surface area contributed by atoms with Gasteiger partial charge in [-0.1, -0.05) is 0 Å². The summed E-state index contributed by atoms with van der Waals surface area (Å²) in [5.41, 5.74) is 0. The summed E-state index contributed by atoms with van der Waals surface area (Å²) in [6.07, 6.45) is 1.87. The Morgan fingerprint density at radius 2 is 1.86 bits per heavy atom. The van der Waals surface area contributed by atoms with E-state index in [1.807, 2.05) is 0 Å². The topological polar surface area (TPSA) is 60.9 Å². The summed E-state index contributed by atoms with van der Waals surface area (Å²) in [6, 6.07) is 0.165. The first-order valence-electron chi connectivity index (χ1n) is 4.66. The Balaban J connectivity index is 2.48. The van der Waals surface area contributed by atoms with Crippen LogP contribution in [0.4, 0.5) is 0 Å². The Bertz CT molecular complexity index is 236. The second-order valence-electron chi connectivity index (χ2n) is 3.88. The van der Waals surface area contributed by atoms with Gasteiger partial charge in [0.1, 0.15) is 6.54 Å². The molecule has 1 rings (SSSR count). The molecule has 1 fully saturated rings. The number of nitrogens with zero attached hydrogens (tertiary/aromatic N) is 2. The van der Waals surface area contributed by atoms with Gasteiger partial charge in [-0.05, 0) is 26.9 Å². The number of rotatable bonds is 5. The molecule has 1 amide bonds. The average Bonchev–Trinajstić information content (AvgIpc) is 2.80. The van der Waals surface area contributed by atoms with Crippen molar-refractivity contribution in [1.29, 1.82) is 0 Å². The SMILES string of the molecule is CN(C)CC(=O)N(CC(=O)O)C1CC1. The Morgan fingerprint density at radius 1 is 1.29 bits per heavy atom. The molecule has 5 heteroatoms. The summed E-state index contributed by atoms with van der Waals surface area (Å²) in [7, 11) is 3.59. The van der Waals surface area contributed by atoms with E-state index in [4.69, 9.17) is 5.11 Å². The van der Waals surface area contributed by atoms with E-state index in [1.165, 1.54) is 4.90 Å². The fourth-order valence-corrected chi connectivity index (χ4v) is 1.31. The van der Waals surface area contributed by atoms with Gasteiger partial charge in [-0.25, -0.2) is 0 Å². The monoisotopic (exact) mass is 200 g/mol. The molecule has 0 atom stereocenters. The van der Waals surface area contributed by atoms with Crippen LogP contribution in [0.1, 0.15) is 12.8 Å². The Morgan fingerprint density at radius 3 is 2.21 bits per heavy atom. The lowest BCUT2D eigenvalue weighted by molar-refractivity contribution is -0.145. The molecule has 1 aliphatic rings. The molecular weight excluding hydrogens is 184 g/mol. The van der Waals surface area contributed by atoms with Gasteiger partial charge in [0, 0.05) is 6.04 Å². The zero-order valence-corrected chi connectivity index (χ0v) is 8.56. The number of carbonyl (C=O) groups excluding carboxylic acids is 1. The van der Waals surface area contributed by atoms with E-state index >= 15 is 0 Å². The molecule has 0 aliphatic heterocycles. The molecular formula is C9H16N2O3. The number of likely N-dealkylation sites (N-methyl/N-ethyl adjacent to an activating group) is 1. The van der Waals surface area contributed by atoms with Crippen LogP contribution in [0.3, 0.4) is 0 Å². The minimum atomic E-state index is -0.941. The van der Waals surface area contributed by atoms with Crippen molar-refractivity contribution in [3.05, 3.63) is 0 Å². The number of carboxylic acids is 1. The average molecular weight is 200 g/mol. The molecule has 5 nitrogen and oxygen atoms in total. The highest BCUT2D eigenvalue weighted by molar-refractivity contribution is 5.83. The lowest BCUT2D eigenvalue weighted by atomic mass is 10.4. The number of hydrogen-bond acceptors (Lipinski definition) is 3. The summed E-state index contributed by atoms with van der Waals surface area (Å²) < 4.78 is 0. The van der Waals surface area contributed by atoms with Crippen LogP contribution >= 0.6 is 0 Å². The van der Waals surface area contributed by atoms with Gasteiger partial charge >= 0.3 is 5.97 Å². The molecule has 1 N–H and O–H groups in total. The third-order valence-electron chi connectivity index (χ3n) is 2.07. The predicted molar refractivity (Wildman–Crippen MR) is 50.9 cm³/mol. The van der Waals surface area contributed by atoms with E-state index in [-0.39, 0.29) is 25.0 Å². The minimum absolute atomic E-state index is 0.0973. The Hall–Kier alpha value is -1.10. The van der Waals surface area contributed by atoms with Crippen molar-refractivity contribution < 1.29 is 14.7 Å². The summed E-state index contributed by atoms with van der Waals surface area (Å²) >= 11 is 0. The van der Waals surface area contributed by atoms with Gasteiger partial charge in [-0.15, -0.1) is 0 Å². The maximum atomic E-state index is 11.6. The normalized spacial score (nSPS) is 15.6. The molecule has 0 aromatic heterocycles. The summed E-state index contributed by atoms with van der Waals surface area (Å²) in [5, 5.41) is 8.64. The van der Waals surface area contributed by atoms with Crippen molar-refractivity contribution in [1.82, 2.24) is 9.80 Å². The smallest absolute Gasteiger partial charge is 0.323 e. The molecule has 0 spiro atoms. The Kier molecular flexibility index (Phi) is 3.46. The molecule has 80 valence electrons. The second-order valence-corrected chi connectivity index (χ2v) is 3.88. The van der Waals surface area contributed by atoms with E-state index in [2.05, 4.69) is 0 Å². The number of aliphatic carboxylic acids is 1. The number of carboxylic acid groups (broad SMARTS) is 1. The first kappa shape index (κ1) is 11.0. The largest absolute Gasteiger partial charge is 0.480 e. The third-order valence-corrected chi connectivity index (χ3v) is 2.07. The van der Waals surface area contributed by atoms with E-state index in [0.29, 0.717) is 0 Å². The highest BCUT2D eigenvalue weighted by atomic mass is 16.4. The van der Waals surface area contributed by atoms with Gasteiger partial charge in [0.15, 0.2) is 0 Å². The summed E-state index contributed by atoms with van der Waals surface area (Å²) in [4.78, 5) is 25.3. The van der Waals surface area contributed by atoms with Crippen LogP contribution in [0.5, 0.6) is 0 Å². The van der Waals surface area contributed by atoms with Gasteiger partial charge in [0.2, 0.25) is 5.91 Å². The van der Waals surface area contributed by atoms with Crippen LogP contribution < -0.4 is 0 Å². The van der Waals surface area contributed by atoms with Crippen molar-refractivity contribution in [2.45, 2.75) is 18.9 Å². The van der Waals surface area contributed by atoms with Crippen molar-refractivity contribution in [3.63, 3.8) is 0 Å². The summed E-state index contributed by atoms with van der Waals surface area (Å²) in [6.45, 7) is 0.112. The molecule has 0 radical (unpaired) electrons. The van der Waals surface area contributed by atoms with E-state index in [9.17, 15) is 9.59 Å². The fraction of sp³-hybridized carbons (Fsp3) is 0.778. The maximum Gasteiger partial charge on any atom is 0.323 e. The van der Waals surface area contributed by atoms with Crippen molar-refractivity contribution in [3.8, 4) is 0 Å². The molecule has 14 heavy (non-hydrogen) atoms. The highest BCUT2D eigenvalue weighted by Gasteiger charge is 2.33. The van der Waals surface area contributed by atoms with Crippen LogP contribution in [0, 0.1) is 0 Å². The standard InChI is InChI=1S/C9H16N2O3/c1-10(2)5-8(12)11(6-9(13)14)7-3-4-7/h7H,3-6H2,1-2H3,(H,13,14).